The Morgan fingerprint density at radius 3 is 2.87 bits per heavy atom. The predicted molar refractivity (Wildman–Crippen MR) is 56.9 cm³/mol. The Labute approximate surface area is 90.4 Å². The second-order valence-corrected chi connectivity index (χ2v) is 4.42. The lowest BCUT2D eigenvalue weighted by molar-refractivity contribution is -0.118. The van der Waals surface area contributed by atoms with Gasteiger partial charge < -0.3 is 0 Å². The van der Waals surface area contributed by atoms with Crippen LogP contribution in [0.15, 0.2) is 17.2 Å². The van der Waals surface area contributed by atoms with Gasteiger partial charge in [-0.3, -0.25) is 10.1 Å². The molecule has 1 fully saturated rings. The molecule has 78 valence electrons. The van der Waals surface area contributed by atoms with Crippen molar-refractivity contribution in [1.82, 2.24) is 10.3 Å². The number of nitrogens with zero attached hydrogens (tertiary/aromatic N) is 2. The van der Waals surface area contributed by atoms with E-state index in [0.717, 1.165) is 9.89 Å². The van der Waals surface area contributed by atoms with Gasteiger partial charge in [-0.15, -0.1) is 11.3 Å². The summed E-state index contributed by atoms with van der Waals surface area (Å²) in [6.07, 6.45) is 1.58. The summed E-state index contributed by atoms with van der Waals surface area (Å²) in [6.45, 7) is 1.99. The van der Waals surface area contributed by atoms with Crippen molar-refractivity contribution in [3.05, 3.63) is 21.9 Å². The summed E-state index contributed by atoms with van der Waals surface area (Å²) in [6, 6.07) is 3.42. The quantitative estimate of drug-likeness (QED) is 0.599. The van der Waals surface area contributed by atoms with Gasteiger partial charge in [0.05, 0.1) is 6.21 Å². The Morgan fingerprint density at radius 2 is 2.33 bits per heavy atom. The van der Waals surface area contributed by atoms with E-state index in [2.05, 4.69) is 10.4 Å². The second-order valence-electron chi connectivity index (χ2n) is 3.10. The van der Waals surface area contributed by atoms with Crippen LogP contribution in [0.3, 0.4) is 0 Å². The van der Waals surface area contributed by atoms with Crippen LogP contribution in [0.5, 0.6) is 0 Å². The van der Waals surface area contributed by atoms with E-state index in [1.807, 2.05) is 19.1 Å². The number of thiophene rings is 1. The molecule has 5 nitrogen and oxygen atoms in total. The van der Waals surface area contributed by atoms with Crippen molar-refractivity contribution in [3.63, 3.8) is 0 Å². The fraction of sp³-hybridized carbons (Fsp3) is 0.222. The highest BCUT2D eigenvalue weighted by Gasteiger charge is 2.25. The van der Waals surface area contributed by atoms with Crippen LogP contribution in [-0.2, 0) is 4.79 Å². The lowest BCUT2D eigenvalue weighted by Crippen LogP contribution is -2.24. The summed E-state index contributed by atoms with van der Waals surface area (Å²) in [5.41, 5.74) is 0. The van der Waals surface area contributed by atoms with Crippen molar-refractivity contribution in [2.24, 2.45) is 5.10 Å². The van der Waals surface area contributed by atoms with E-state index in [1.54, 1.807) is 17.6 Å². The summed E-state index contributed by atoms with van der Waals surface area (Å²) < 4.78 is 0. The molecule has 0 bridgehead atoms. The zero-order chi connectivity index (χ0) is 10.8. The third-order valence-electron chi connectivity index (χ3n) is 1.86. The number of urea groups is 1. The van der Waals surface area contributed by atoms with E-state index < -0.39 is 6.03 Å². The molecule has 15 heavy (non-hydrogen) atoms. The van der Waals surface area contributed by atoms with E-state index in [0.29, 0.717) is 0 Å². The predicted octanol–water partition coefficient (Wildman–Crippen LogP) is 0.942. The molecular weight excluding hydrogens is 214 g/mol. The molecule has 0 atom stereocenters. The van der Waals surface area contributed by atoms with Gasteiger partial charge in [-0.25, -0.2) is 9.80 Å². The van der Waals surface area contributed by atoms with Gasteiger partial charge in [0, 0.05) is 9.75 Å². The number of carbonyl (C=O) groups is 2. The van der Waals surface area contributed by atoms with E-state index in [4.69, 9.17) is 0 Å². The Kier molecular flexibility index (Phi) is 2.51. The van der Waals surface area contributed by atoms with Crippen molar-refractivity contribution < 1.29 is 9.59 Å². The Balaban J connectivity index is 2.06. The highest BCUT2D eigenvalue weighted by atomic mass is 32.1. The third-order valence-corrected chi connectivity index (χ3v) is 2.79. The molecule has 2 rings (SSSR count). The number of amides is 3. The molecule has 6 heteroatoms. The maximum atomic E-state index is 11.1. The minimum atomic E-state index is -0.468. The van der Waals surface area contributed by atoms with Crippen LogP contribution in [0.4, 0.5) is 4.79 Å². The molecule has 2 heterocycles. The number of rotatable bonds is 2. The second kappa shape index (κ2) is 3.82. The molecule has 0 unspecified atom stereocenters. The molecule has 1 N–H and O–H groups in total. The van der Waals surface area contributed by atoms with Crippen LogP contribution in [0.25, 0.3) is 0 Å². The average Bonchev–Trinajstić information content (AvgIpc) is 2.70. The van der Waals surface area contributed by atoms with E-state index in [9.17, 15) is 9.59 Å². The Bertz CT molecular complexity index is 438. The van der Waals surface area contributed by atoms with E-state index in [1.165, 1.54) is 4.88 Å². The Hall–Kier alpha value is -1.69. The van der Waals surface area contributed by atoms with E-state index in [-0.39, 0.29) is 12.5 Å². The molecule has 1 aromatic rings. The zero-order valence-corrected chi connectivity index (χ0v) is 8.87. The third kappa shape index (κ3) is 2.21. The smallest absolute Gasteiger partial charge is 0.275 e. The van der Waals surface area contributed by atoms with Crippen molar-refractivity contribution in [2.75, 3.05) is 6.54 Å². The van der Waals surface area contributed by atoms with Crippen LogP contribution in [0.1, 0.15) is 9.75 Å². The first-order chi connectivity index (χ1) is 7.15. The van der Waals surface area contributed by atoms with Gasteiger partial charge in [0.2, 0.25) is 5.91 Å². The minimum absolute atomic E-state index is 0.000307. The van der Waals surface area contributed by atoms with Gasteiger partial charge in [-0.05, 0) is 19.1 Å². The fourth-order valence-electron chi connectivity index (χ4n) is 1.17. The highest BCUT2D eigenvalue weighted by Crippen LogP contribution is 2.12. The molecule has 0 spiro atoms. The Morgan fingerprint density at radius 1 is 1.53 bits per heavy atom. The molecule has 1 saturated heterocycles. The van der Waals surface area contributed by atoms with Crippen LogP contribution in [0, 0.1) is 6.92 Å². The molecule has 0 aliphatic carbocycles. The number of hydrogen-bond acceptors (Lipinski definition) is 4. The normalized spacial score (nSPS) is 16.5. The van der Waals surface area contributed by atoms with Gasteiger partial charge in [0.1, 0.15) is 6.54 Å². The van der Waals surface area contributed by atoms with Gasteiger partial charge in [-0.2, -0.15) is 5.10 Å². The fourth-order valence-corrected chi connectivity index (χ4v) is 1.92. The average molecular weight is 223 g/mol. The number of hydrogen-bond donors (Lipinski definition) is 1. The van der Waals surface area contributed by atoms with E-state index >= 15 is 0 Å². The van der Waals surface area contributed by atoms with Gasteiger partial charge in [0.15, 0.2) is 0 Å². The lowest BCUT2D eigenvalue weighted by Gasteiger charge is -2.02. The van der Waals surface area contributed by atoms with Crippen LogP contribution >= 0.6 is 11.3 Å². The summed E-state index contributed by atoms with van der Waals surface area (Å²) in [5, 5.41) is 7.18. The molecule has 3 amide bonds. The van der Waals surface area contributed by atoms with Crippen LogP contribution in [0.2, 0.25) is 0 Å². The zero-order valence-electron chi connectivity index (χ0n) is 8.06. The first-order valence-corrected chi connectivity index (χ1v) is 5.18. The molecule has 1 aliphatic rings. The summed E-state index contributed by atoms with van der Waals surface area (Å²) in [5.74, 6) is -0.320. The largest absolute Gasteiger partial charge is 0.344 e. The van der Waals surface area contributed by atoms with Gasteiger partial charge in [-0.1, -0.05) is 0 Å². The number of imide groups is 1. The van der Waals surface area contributed by atoms with Crippen molar-refractivity contribution >= 4 is 29.5 Å². The number of aryl methyl sites for hydroxylation is 1. The van der Waals surface area contributed by atoms with Gasteiger partial charge in [0.25, 0.3) is 0 Å². The number of nitrogens with one attached hydrogen (secondary N) is 1. The minimum Gasteiger partial charge on any atom is -0.275 e. The maximum Gasteiger partial charge on any atom is 0.344 e. The highest BCUT2D eigenvalue weighted by molar-refractivity contribution is 7.13. The monoisotopic (exact) mass is 223 g/mol. The summed E-state index contributed by atoms with van der Waals surface area (Å²) in [4.78, 5) is 24.1. The molecule has 0 radical (unpaired) electrons. The van der Waals surface area contributed by atoms with Crippen molar-refractivity contribution in [2.45, 2.75) is 6.92 Å². The summed E-state index contributed by atoms with van der Waals surface area (Å²) in [7, 11) is 0. The summed E-state index contributed by atoms with van der Waals surface area (Å²) >= 11 is 1.58. The first-order valence-electron chi connectivity index (χ1n) is 4.37. The molecule has 0 saturated carbocycles. The molecular formula is C9H9N3O2S. The SMILES string of the molecule is Cc1ccc(/C=N/N2CC(=O)NC2=O)s1. The van der Waals surface area contributed by atoms with Crippen LogP contribution in [-0.4, -0.2) is 29.7 Å². The van der Waals surface area contributed by atoms with Crippen molar-refractivity contribution in [1.29, 1.82) is 0 Å². The molecule has 1 aliphatic heterocycles. The standard InChI is InChI=1S/C9H9N3O2S/c1-6-2-3-7(15-6)4-10-12-5-8(13)11-9(12)14/h2-4H,5H2,1H3,(H,11,13,14)/b10-4+. The van der Waals surface area contributed by atoms with Crippen molar-refractivity contribution in [3.8, 4) is 0 Å². The molecule has 1 aromatic heterocycles. The topological polar surface area (TPSA) is 61.8 Å². The first kappa shape index (κ1) is 9.85. The number of hydrazone groups is 1. The molecule has 0 aromatic carbocycles. The maximum absolute atomic E-state index is 11.1. The number of carbonyl (C=O) groups excluding carboxylic acids is 2. The lowest BCUT2D eigenvalue weighted by atomic mass is 10.4. The van der Waals surface area contributed by atoms with Crippen LogP contribution < -0.4 is 5.32 Å². The van der Waals surface area contributed by atoms with Gasteiger partial charge >= 0.3 is 6.03 Å².